The zero-order valence-electron chi connectivity index (χ0n) is 15.5. The maximum absolute atomic E-state index is 12.5. The van der Waals surface area contributed by atoms with Crippen LogP contribution in [0.25, 0.3) is 0 Å². The van der Waals surface area contributed by atoms with Crippen LogP contribution < -0.4 is 19.1 Å². The number of benzene rings is 2. The molecule has 0 spiro atoms. The third-order valence-electron chi connectivity index (χ3n) is 4.37. The van der Waals surface area contributed by atoms with E-state index >= 15 is 0 Å². The highest BCUT2D eigenvalue weighted by Crippen LogP contribution is 2.28. The first-order chi connectivity index (χ1) is 13.4. The van der Waals surface area contributed by atoms with Crippen molar-refractivity contribution >= 4 is 27.5 Å². The Morgan fingerprint density at radius 3 is 2.11 bits per heavy atom. The SMILES string of the molecule is COc1ccc(CNS(=O)(=O)c2ccc(N3C(=O)CCC3=O)cc2)cc1OC. The average Bonchev–Trinajstić information content (AvgIpc) is 3.04. The Balaban J connectivity index is 1.73. The number of sulfonamides is 1. The molecule has 8 nitrogen and oxygen atoms in total. The largest absolute Gasteiger partial charge is 0.493 e. The predicted molar refractivity (Wildman–Crippen MR) is 102 cm³/mol. The number of ether oxygens (including phenoxy) is 2. The van der Waals surface area contributed by atoms with Crippen LogP contribution in [-0.2, 0) is 26.2 Å². The molecule has 2 aromatic rings. The number of methoxy groups -OCH3 is 2. The van der Waals surface area contributed by atoms with Gasteiger partial charge in [-0.15, -0.1) is 0 Å². The van der Waals surface area contributed by atoms with Gasteiger partial charge in [0.2, 0.25) is 21.8 Å². The van der Waals surface area contributed by atoms with Crippen LogP contribution in [0, 0.1) is 0 Å². The summed E-state index contributed by atoms with van der Waals surface area (Å²) in [6.07, 6.45) is 0.345. The molecule has 0 aromatic heterocycles. The van der Waals surface area contributed by atoms with Gasteiger partial charge in [0.15, 0.2) is 11.5 Å². The fraction of sp³-hybridized carbons (Fsp3) is 0.263. The molecule has 1 aliphatic heterocycles. The molecule has 2 aromatic carbocycles. The van der Waals surface area contributed by atoms with Crippen LogP contribution in [0.15, 0.2) is 47.4 Å². The zero-order valence-corrected chi connectivity index (χ0v) is 16.3. The van der Waals surface area contributed by atoms with Crippen molar-refractivity contribution in [1.82, 2.24) is 4.72 Å². The summed E-state index contributed by atoms with van der Waals surface area (Å²) in [7, 11) is -0.747. The summed E-state index contributed by atoms with van der Waals surface area (Å²) in [6, 6.07) is 10.8. The van der Waals surface area contributed by atoms with Gasteiger partial charge in [-0.1, -0.05) is 6.07 Å². The highest BCUT2D eigenvalue weighted by molar-refractivity contribution is 7.89. The maximum atomic E-state index is 12.5. The Labute approximate surface area is 163 Å². The number of hydrogen-bond donors (Lipinski definition) is 1. The minimum Gasteiger partial charge on any atom is -0.493 e. The lowest BCUT2D eigenvalue weighted by molar-refractivity contribution is -0.121. The zero-order chi connectivity index (χ0) is 20.3. The van der Waals surface area contributed by atoms with Gasteiger partial charge >= 0.3 is 0 Å². The number of anilines is 1. The summed E-state index contributed by atoms with van der Waals surface area (Å²) in [4.78, 5) is 24.7. The summed E-state index contributed by atoms with van der Waals surface area (Å²) in [6.45, 7) is 0.0630. The van der Waals surface area contributed by atoms with Crippen LogP contribution in [0.4, 0.5) is 5.69 Å². The first-order valence-electron chi connectivity index (χ1n) is 8.52. The monoisotopic (exact) mass is 404 g/mol. The predicted octanol–water partition coefficient (Wildman–Crippen LogP) is 1.84. The lowest BCUT2D eigenvalue weighted by Gasteiger charge is -2.14. The van der Waals surface area contributed by atoms with E-state index in [2.05, 4.69) is 4.72 Å². The first-order valence-corrected chi connectivity index (χ1v) is 10.0. The van der Waals surface area contributed by atoms with Crippen molar-refractivity contribution in [2.75, 3.05) is 19.1 Å². The number of imide groups is 1. The van der Waals surface area contributed by atoms with Gasteiger partial charge in [0.25, 0.3) is 0 Å². The quantitative estimate of drug-likeness (QED) is 0.707. The Morgan fingerprint density at radius 1 is 0.929 bits per heavy atom. The lowest BCUT2D eigenvalue weighted by Crippen LogP contribution is -2.28. The molecule has 0 radical (unpaired) electrons. The Hall–Kier alpha value is -2.91. The number of carbonyl (C=O) groups is 2. The number of rotatable bonds is 7. The smallest absolute Gasteiger partial charge is 0.240 e. The van der Waals surface area contributed by atoms with Crippen molar-refractivity contribution in [1.29, 1.82) is 0 Å². The van der Waals surface area contributed by atoms with E-state index in [1.807, 2.05) is 0 Å². The second kappa shape index (κ2) is 7.99. The summed E-state index contributed by atoms with van der Waals surface area (Å²) in [5.41, 5.74) is 1.07. The minimum atomic E-state index is -3.77. The molecule has 1 N–H and O–H groups in total. The molecule has 0 bridgehead atoms. The summed E-state index contributed by atoms with van der Waals surface area (Å²) in [5.74, 6) is 0.485. The van der Waals surface area contributed by atoms with Crippen molar-refractivity contribution in [3.8, 4) is 11.5 Å². The van der Waals surface area contributed by atoms with E-state index < -0.39 is 10.0 Å². The number of carbonyl (C=O) groups excluding carboxylic acids is 2. The molecule has 28 heavy (non-hydrogen) atoms. The molecule has 0 saturated carbocycles. The lowest BCUT2D eigenvalue weighted by atomic mass is 10.2. The van der Waals surface area contributed by atoms with Gasteiger partial charge in [0.05, 0.1) is 24.8 Å². The van der Waals surface area contributed by atoms with E-state index in [0.29, 0.717) is 22.7 Å². The van der Waals surface area contributed by atoms with Crippen LogP contribution in [0.2, 0.25) is 0 Å². The Bertz CT molecular complexity index is 986. The van der Waals surface area contributed by atoms with Crippen molar-refractivity contribution in [2.24, 2.45) is 0 Å². The normalized spacial score (nSPS) is 14.4. The number of hydrogen-bond acceptors (Lipinski definition) is 6. The van der Waals surface area contributed by atoms with Crippen molar-refractivity contribution in [3.63, 3.8) is 0 Å². The molecule has 1 heterocycles. The molecule has 1 aliphatic rings. The van der Waals surface area contributed by atoms with Gasteiger partial charge in [0, 0.05) is 19.4 Å². The second-order valence-corrected chi connectivity index (χ2v) is 7.90. The fourth-order valence-electron chi connectivity index (χ4n) is 2.89. The van der Waals surface area contributed by atoms with E-state index in [9.17, 15) is 18.0 Å². The van der Waals surface area contributed by atoms with Crippen LogP contribution in [0.1, 0.15) is 18.4 Å². The molecule has 1 fully saturated rings. The Morgan fingerprint density at radius 2 is 1.54 bits per heavy atom. The van der Waals surface area contributed by atoms with Crippen LogP contribution >= 0.6 is 0 Å². The van der Waals surface area contributed by atoms with Crippen LogP contribution in [-0.4, -0.2) is 34.5 Å². The third-order valence-corrected chi connectivity index (χ3v) is 5.79. The fourth-order valence-corrected chi connectivity index (χ4v) is 3.91. The van der Waals surface area contributed by atoms with Gasteiger partial charge in [-0.05, 0) is 42.0 Å². The first kappa shape index (κ1) is 19.8. The molecule has 0 atom stereocenters. The summed E-state index contributed by atoms with van der Waals surface area (Å²) < 4.78 is 37.9. The molecule has 1 saturated heterocycles. The van der Waals surface area contributed by atoms with Crippen molar-refractivity contribution < 1.29 is 27.5 Å². The number of amides is 2. The second-order valence-electron chi connectivity index (χ2n) is 6.13. The molecule has 3 rings (SSSR count). The van der Waals surface area contributed by atoms with Crippen LogP contribution in [0.3, 0.4) is 0 Å². The minimum absolute atomic E-state index is 0.0378. The van der Waals surface area contributed by atoms with E-state index in [0.717, 1.165) is 4.90 Å². The molecule has 9 heteroatoms. The molecule has 148 valence electrons. The van der Waals surface area contributed by atoms with E-state index in [1.165, 1.54) is 38.5 Å². The molecular formula is C19H20N2O6S. The number of nitrogens with one attached hydrogen (secondary N) is 1. The highest BCUT2D eigenvalue weighted by atomic mass is 32.2. The van der Waals surface area contributed by atoms with Gasteiger partial charge < -0.3 is 9.47 Å². The van der Waals surface area contributed by atoms with Crippen molar-refractivity contribution in [3.05, 3.63) is 48.0 Å². The molecule has 0 aliphatic carbocycles. The third kappa shape index (κ3) is 4.00. The average molecular weight is 404 g/mol. The molecular weight excluding hydrogens is 384 g/mol. The van der Waals surface area contributed by atoms with Crippen LogP contribution in [0.5, 0.6) is 11.5 Å². The van der Waals surface area contributed by atoms with Crippen molar-refractivity contribution in [2.45, 2.75) is 24.3 Å². The number of nitrogens with zero attached hydrogens (tertiary/aromatic N) is 1. The topological polar surface area (TPSA) is 102 Å². The summed E-state index contributed by atoms with van der Waals surface area (Å²) in [5, 5.41) is 0. The standard InChI is InChI=1S/C19H20N2O6S/c1-26-16-8-3-13(11-17(16)27-2)12-20-28(24,25)15-6-4-14(5-7-15)21-18(22)9-10-19(21)23/h3-8,11,20H,9-10,12H2,1-2H3. The van der Waals surface area contributed by atoms with Gasteiger partial charge in [0.1, 0.15) is 0 Å². The van der Waals surface area contributed by atoms with E-state index in [1.54, 1.807) is 18.2 Å². The van der Waals surface area contributed by atoms with Gasteiger partial charge in [-0.3, -0.25) is 14.5 Å². The highest BCUT2D eigenvalue weighted by Gasteiger charge is 2.30. The van der Waals surface area contributed by atoms with E-state index in [4.69, 9.17) is 9.47 Å². The molecule has 0 unspecified atom stereocenters. The Kier molecular flexibility index (Phi) is 5.66. The summed E-state index contributed by atoms with van der Waals surface area (Å²) >= 11 is 0. The van der Waals surface area contributed by atoms with Gasteiger partial charge in [-0.25, -0.2) is 13.1 Å². The van der Waals surface area contributed by atoms with Gasteiger partial charge in [-0.2, -0.15) is 0 Å². The maximum Gasteiger partial charge on any atom is 0.240 e. The van der Waals surface area contributed by atoms with E-state index in [-0.39, 0.29) is 36.1 Å². The molecule has 2 amide bonds.